The third-order valence-corrected chi connectivity index (χ3v) is 5.81. The molecule has 11 heteroatoms. The fourth-order valence-corrected chi connectivity index (χ4v) is 4.41. The van der Waals surface area contributed by atoms with E-state index in [1.807, 2.05) is 0 Å². The fourth-order valence-electron chi connectivity index (χ4n) is 3.24. The van der Waals surface area contributed by atoms with E-state index >= 15 is 4.39 Å². The van der Waals surface area contributed by atoms with Crippen molar-refractivity contribution in [3.63, 3.8) is 0 Å². The zero-order chi connectivity index (χ0) is 22.9. The molecular weight excluding hydrogens is 438 g/mol. The Balaban J connectivity index is 1.91. The number of rotatable bonds is 5. The first-order chi connectivity index (χ1) is 14.5. The van der Waals surface area contributed by atoms with E-state index in [2.05, 4.69) is 10.1 Å². The number of amides is 1. The lowest BCUT2D eigenvalue weighted by atomic mass is 9.98. The minimum Gasteiger partial charge on any atom is -0.406 e. The van der Waals surface area contributed by atoms with Gasteiger partial charge in [-0.25, -0.2) is 4.39 Å². The molecule has 168 valence electrons. The van der Waals surface area contributed by atoms with Crippen LogP contribution in [0.4, 0.5) is 17.6 Å². The number of nitrogens with one attached hydrogen (secondary N) is 1. The highest BCUT2D eigenvalue weighted by Gasteiger charge is 2.42. The number of hydrogen-bond acceptors (Lipinski definition) is 6. The van der Waals surface area contributed by atoms with Gasteiger partial charge in [0, 0.05) is 24.5 Å². The summed E-state index contributed by atoms with van der Waals surface area (Å²) in [6.07, 6.45) is -3.55. The molecule has 31 heavy (non-hydrogen) atoms. The second-order valence-corrected chi connectivity index (χ2v) is 8.50. The van der Waals surface area contributed by atoms with E-state index < -0.39 is 30.2 Å². The molecule has 2 atom stereocenters. The molecule has 6 nitrogen and oxygen atoms in total. The number of halogens is 4. The molecule has 0 aromatic heterocycles. The highest BCUT2D eigenvalue weighted by Crippen LogP contribution is 2.40. The number of carbonyl (C=O) groups excluding carboxylic acids is 2. The van der Waals surface area contributed by atoms with Crippen LogP contribution in [0.2, 0.25) is 0 Å². The topological polar surface area (TPSA) is 84.7 Å². The summed E-state index contributed by atoms with van der Waals surface area (Å²) in [4.78, 5) is 26.8. The molecule has 0 aliphatic carbocycles. The molecule has 2 aliphatic rings. The molecule has 0 radical (unpaired) electrons. The summed E-state index contributed by atoms with van der Waals surface area (Å²) in [5, 5.41) is 2.62. The summed E-state index contributed by atoms with van der Waals surface area (Å²) >= 11 is 1.08. The number of alkyl halides is 3. The van der Waals surface area contributed by atoms with Gasteiger partial charge < -0.3 is 20.7 Å². The molecule has 0 saturated carbocycles. The summed E-state index contributed by atoms with van der Waals surface area (Å²) in [5.74, 6) is -1.98. The van der Waals surface area contributed by atoms with Crippen LogP contribution in [-0.4, -0.2) is 46.8 Å². The Kier molecular flexibility index (Phi) is 6.65. The van der Waals surface area contributed by atoms with Gasteiger partial charge in [-0.2, -0.15) is 0 Å². The minimum absolute atomic E-state index is 0.0468. The van der Waals surface area contributed by atoms with Gasteiger partial charge >= 0.3 is 6.36 Å². The average molecular weight is 459 g/mol. The predicted octanol–water partition coefficient (Wildman–Crippen LogP) is 3.00. The summed E-state index contributed by atoms with van der Waals surface area (Å²) in [6.45, 7) is 3.51. The van der Waals surface area contributed by atoms with Crippen LogP contribution in [-0.2, 0) is 16.1 Å². The first-order valence-electron chi connectivity index (χ1n) is 9.41. The molecule has 0 spiro atoms. The van der Waals surface area contributed by atoms with Crippen LogP contribution in [0.25, 0.3) is 0 Å². The molecule has 0 bridgehead atoms. The zero-order valence-corrected chi connectivity index (χ0v) is 17.5. The van der Waals surface area contributed by atoms with Crippen LogP contribution in [0.3, 0.4) is 0 Å². The second kappa shape index (κ2) is 8.91. The molecule has 2 heterocycles. The van der Waals surface area contributed by atoms with Crippen LogP contribution >= 0.6 is 11.8 Å². The lowest BCUT2D eigenvalue weighted by Gasteiger charge is -2.39. The van der Waals surface area contributed by atoms with E-state index in [0.29, 0.717) is 5.56 Å². The number of Topliss-reactive ketones (excluding diaryl/α,β-unsaturated/α-hetero) is 1. The Morgan fingerprint density at radius 2 is 1.97 bits per heavy atom. The van der Waals surface area contributed by atoms with Gasteiger partial charge in [-0.3, -0.25) is 9.59 Å². The van der Waals surface area contributed by atoms with Gasteiger partial charge in [-0.05, 0) is 31.5 Å². The largest absolute Gasteiger partial charge is 0.573 e. The van der Waals surface area contributed by atoms with E-state index in [4.69, 9.17) is 5.73 Å². The van der Waals surface area contributed by atoms with Gasteiger partial charge in [0.05, 0.1) is 16.5 Å². The number of nitrogens with two attached hydrogens (primary N) is 1. The standard InChI is InChI=1S/C20H21F4N3O3S/c1-10(2)26-19(29)13-8-27(16-17(28)14(25)9-31-18(16)15(13)21)7-11-3-5-12(6-4-11)30-20(22,23)24/h3-6,8,10,14,16H,7,9,25H2,1-2H3,(H,26,29)/t14-,16?/m0/s1. The van der Waals surface area contributed by atoms with Crippen LogP contribution < -0.4 is 15.8 Å². The Labute approximate surface area is 180 Å². The Bertz CT molecular complexity index is 929. The zero-order valence-electron chi connectivity index (χ0n) is 16.7. The first kappa shape index (κ1) is 23.1. The van der Waals surface area contributed by atoms with Crippen molar-refractivity contribution in [2.24, 2.45) is 5.73 Å². The minimum atomic E-state index is -4.81. The Morgan fingerprint density at radius 3 is 2.55 bits per heavy atom. The van der Waals surface area contributed by atoms with E-state index in [-0.39, 0.29) is 40.4 Å². The quantitative estimate of drug-likeness (QED) is 0.659. The van der Waals surface area contributed by atoms with Crippen LogP contribution in [0.15, 0.2) is 46.8 Å². The van der Waals surface area contributed by atoms with Crippen molar-refractivity contribution in [2.45, 2.75) is 44.9 Å². The number of benzene rings is 1. The molecule has 1 saturated heterocycles. The van der Waals surface area contributed by atoms with Gasteiger partial charge in [0.15, 0.2) is 5.78 Å². The third-order valence-electron chi connectivity index (χ3n) is 4.57. The maximum atomic E-state index is 15.1. The lowest BCUT2D eigenvalue weighted by molar-refractivity contribution is -0.274. The van der Waals surface area contributed by atoms with Crippen molar-refractivity contribution in [3.05, 3.63) is 52.3 Å². The summed E-state index contributed by atoms with van der Waals surface area (Å²) < 4.78 is 56.0. The molecule has 3 N–H and O–H groups in total. The van der Waals surface area contributed by atoms with Gasteiger partial charge in [-0.1, -0.05) is 12.1 Å². The summed E-state index contributed by atoms with van der Waals surface area (Å²) in [5.41, 5.74) is 6.18. The smallest absolute Gasteiger partial charge is 0.406 e. The second-order valence-electron chi connectivity index (χ2n) is 7.44. The van der Waals surface area contributed by atoms with Crippen LogP contribution in [0.1, 0.15) is 19.4 Å². The normalized spacial score (nSPS) is 21.7. The highest BCUT2D eigenvalue weighted by atomic mass is 32.2. The van der Waals surface area contributed by atoms with Crippen molar-refractivity contribution >= 4 is 23.5 Å². The van der Waals surface area contributed by atoms with Gasteiger partial charge in [-0.15, -0.1) is 24.9 Å². The predicted molar refractivity (Wildman–Crippen MR) is 107 cm³/mol. The molecule has 1 amide bonds. The van der Waals surface area contributed by atoms with Crippen molar-refractivity contribution in [1.29, 1.82) is 0 Å². The highest BCUT2D eigenvalue weighted by molar-refractivity contribution is 8.03. The molecular formula is C20H21F4N3O3S. The van der Waals surface area contributed by atoms with Crippen molar-refractivity contribution in [3.8, 4) is 5.75 Å². The fraction of sp³-hybridized carbons (Fsp3) is 0.400. The molecule has 1 aromatic carbocycles. The number of ketones is 1. The van der Waals surface area contributed by atoms with Gasteiger partial charge in [0.1, 0.15) is 17.6 Å². The van der Waals surface area contributed by atoms with Gasteiger partial charge in [0.25, 0.3) is 5.91 Å². The summed E-state index contributed by atoms with van der Waals surface area (Å²) in [6, 6.07) is 3.06. The molecule has 1 aromatic rings. The van der Waals surface area contributed by atoms with Gasteiger partial charge in [0.2, 0.25) is 0 Å². The van der Waals surface area contributed by atoms with Crippen molar-refractivity contribution in [1.82, 2.24) is 10.2 Å². The third kappa shape index (κ3) is 5.40. The Morgan fingerprint density at radius 1 is 1.32 bits per heavy atom. The average Bonchev–Trinajstić information content (AvgIpc) is 2.66. The first-order valence-corrected chi connectivity index (χ1v) is 10.4. The Hall–Kier alpha value is -2.53. The molecule has 3 rings (SSSR count). The monoisotopic (exact) mass is 459 g/mol. The van der Waals surface area contributed by atoms with E-state index in [1.165, 1.54) is 23.2 Å². The maximum absolute atomic E-state index is 15.1. The number of nitrogens with zero attached hydrogens (tertiary/aromatic N) is 1. The van der Waals surface area contributed by atoms with Crippen LogP contribution in [0, 0.1) is 0 Å². The molecule has 2 aliphatic heterocycles. The number of hydrogen-bond donors (Lipinski definition) is 2. The SMILES string of the molecule is CC(C)NC(=O)C1=CN(Cc2ccc(OC(F)(F)F)cc2)C2C(=O)[C@@H](N)CSC2=C1F. The van der Waals surface area contributed by atoms with E-state index in [9.17, 15) is 22.8 Å². The lowest BCUT2D eigenvalue weighted by Crippen LogP contribution is -2.52. The number of thioether (sulfide) groups is 1. The summed E-state index contributed by atoms with van der Waals surface area (Å²) in [7, 11) is 0. The van der Waals surface area contributed by atoms with E-state index in [0.717, 1.165) is 23.9 Å². The van der Waals surface area contributed by atoms with Crippen molar-refractivity contribution < 1.29 is 31.9 Å². The number of carbonyl (C=O) groups is 2. The maximum Gasteiger partial charge on any atom is 0.573 e. The van der Waals surface area contributed by atoms with E-state index in [1.54, 1.807) is 13.8 Å². The number of fused-ring (bicyclic) bond motifs is 1. The molecule has 1 unspecified atom stereocenters. The van der Waals surface area contributed by atoms with Crippen LogP contribution in [0.5, 0.6) is 5.75 Å². The van der Waals surface area contributed by atoms with Crippen molar-refractivity contribution in [2.75, 3.05) is 5.75 Å². The molecule has 1 fully saturated rings. The number of ether oxygens (including phenoxy) is 1.